The second-order valence-electron chi connectivity index (χ2n) is 5.48. The van der Waals surface area contributed by atoms with Gasteiger partial charge in [0, 0.05) is 30.6 Å². The number of carboxylic acids is 1. The average molecular weight is 281 g/mol. The number of halogens is 1. The molecule has 1 fully saturated rings. The molecule has 2 atom stereocenters. The number of rotatable bonds is 4. The first-order valence-electron chi connectivity index (χ1n) is 6.91. The van der Waals surface area contributed by atoms with Gasteiger partial charge in [-0.3, -0.25) is 9.69 Å². The quantitative estimate of drug-likeness (QED) is 0.891. The minimum atomic E-state index is -0.769. The standard InChI is InChI=1S/C15H20FNO3/c1-10(13-5-4-12(16)8-14(13)18)17-6-2-3-11(9-17)7-15(19)20/h4-5,8,10-11,18H,2-3,6-7,9H2,1H3,(H,19,20). The lowest BCUT2D eigenvalue weighted by molar-refractivity contribution is -0.138. The predicted octanol–water partition coefficient (Wildman–Crippen LogP) is 2.78. The van der Waals surface area contributed by atoms with Crippen LogP contribution in [0.4, 0.5) is 4.39 Å². The van der Waals surface area contributed by atoms with Crippen molar-refractivity contribution in [3.05, 3.63) is 29.6 Å². The maximum atomic E-state index is 13.0. The lowest BCUT2D eigenvalue weighted by Gasteiger charge is -2.36. The SMILES string of the molecule is CC(c1ccc(F)cc1O)N1CCCC(CC(=O)O)C1. The van der Waals surface area contributed by atoms with Crippen LogP contribution in [-0.4, -0.2) is 34.2 Å². The number of likely N-dealkylation sites (tertiary alicyclic amines) is 1. The van der Waals surface area contributed by atoms with Crippen molar-refractivity contribution < 1.29 is 19.4 Å². The number of hydrogen-bond acceptors (Lipinski definition) is 3. The Labute approximate surface area is 117 Å². The summed E-state index contributed by atoms with van der Waals surface area (Å²) < 4.78 is 13.0. The Bertz CT molecular complexity index is 492. The number of aliphatic carboxylic acids is 1. The third-order valence-electron chi connectivity index (χ3n) is 4.00. The molecule has 1 aromatic rings. The second-order valence-corrected chi connectivity index (χ2v) is 5.48. The van der Waals surface area contributed by atoms with E-state index < -0.39 is 11.8 Å². The highest BCUT2D eigenvalue weighted by Gasteiger charge is 2.26. The van der Waals surface area contributed by atoms with Gasteiger partial charge in [-0.1, -0.05) is 6.07 Å². The summed E-state index contributed by atoms with van der Waals surface area (Å²) >= 11 is 0. The first-order valence-corrected chi connectivity index (χ1v) is 6.91. The molecular formula is C15H20FNO3. The van der Waals surface area contributed by atoms with E-state index >= 15 is 0 Å². The molecule has 0 radical (unpaired) electrons. The van der Waals surface area contributed by atoms with Crippen molar-refractivity contribution in [1.82, 2.24) is 4.90 Å². The van der Waals surface area contributed by atoms with Gasteiger partial charge in [0.05, 0.1) is 0 Å². The normalized spacial score (nSPS) is 21.6. The summed E-state index contributed by atoms with van der Waals surface area (Å²) in [5, 5.41) is 18.7. The summed E-state index contributed by atoms with van der Waals surface area (Å²) in [5.41, 5.74) is 0.683. The average Bonchev–Trinajstić information content (AvgIpc) is 2.37. The van der Waals surface area contributed by atoms with Crippen LogP contribution in [0.3, 0.4) is 0 Å². The highest BCUT2D eigenvalue weighted by molar-refractivity contribution is 5.67. The van der Waals surface area contributed by atoms with Crippen LogP contribution in [0.15, 0.2) is 18.2 Å². The molecule has 2 unspecified atom stereocenters. The molecule has 0 saturated carbocycles. The molecule has 1 heterocycles. The summed E-state index contributed by atoms with van der Waals surface area (Å²) in [7, 11) is 0. The fourth-order valence-electron chi connectivity index (χ4n) is 2.93. The fourth-order valence-corrected chi connectivity index (χ4v) is 2.93. The molecule has 2 rings (SSSR count). The largest absolute Gasteiger partial charge is 0.508 e. The van der Waals surface area contributed by atoms with Crippen molar-refractivity contribution in [3.8, 4) is 5.75 Å². The number of piperidine rings is 1. The molecular weight excluding hydrogens is 261 g/mol. The number of aromatic hydroxyl groups is 1. The lowest BCUT2D eigenvalue weighted by Crippen LogP contribution is -2.38. The van der Waals surface area contributed by atoms with E-state index in [1.165, 1.54) is 6.07 Å². The zero-order valence-electron chi connectivity index (χ0n) is 11.6. The first kappa shape index (κ1) is 14.8. The van der Waals surface area contributed by atoms with E-state index in [4.69, 9.17) is 5.11 Å². The molecule has 0 amide bonds. The van der Waals surface area contributed by atoms with Gasteiger partial charge in [0.15, 0.2) is 0 Å². The highest BCUT2D eigenvalue weighted by Crippen LogP contribution is 2.32. The summed E-state index contributed by atoms with van der Waals surface area (Å²) in [6, 6.07) is 4.00. The van der Waals surface area contributed by atoms with Gasteiger partial charge in [-0.25, -0.2) is 4.39 Å². The zero-order chi connectivity index (χ0) is 14.7. The molecule has 5 heteroatoms. The van der Waals surface area contributed by atoms with Crippen molar-refractivity contribution in [2.45, 2.75) is 32.2 Å². The molecule has 0 aromatic heterocycles. The molecule has 2 N–H and O–H groups in total. The van der Waals surface area contributed by atoms with E-state index in [1.54, 1.807) is 6.07 Å². The van der Waals surface area contributed by atoms with Gasteiger partial charge in [-0.05, 0) is 38.3 Å². The maximum absolute atomic E-state index is 13.0. The maximum Gasteiger partial charge on any atom is 0.303 e. The van der Waals surface area contributed by atoms with Crippen molar-refractivity contribution in [1.29, 1.82) is 0 Å². The van der Waals surface area contributed by atoms with Crippen molar-refractivity contribution in [2.24, 2.45) is 5.92 Å². The number of carboxylic acid groups (broad SMARTS) is 1. The first-order chi connectivity index (χ1) is 9.47. The van der Waals surface area contributed by atoms with Crippen LogP contribution in [0.5, 0.6) is 5.75 Å². The van der Waals surface area contributed by atoms with Crippen molar-refractivity contribution in [3.63, 3.8) is 0 Å². The Morgan fingerprint density at radius 1 is 1.55 bits per heavy atom. The lowest BCUT2D eigenvalue weighted by atomic mass is 9.92. The Balaban J connectivity index is 2.08. The molecule has 1 saturated heterocycles. The highest BCUT2D eigenvalue weighted by atomic mass is 19.1. The van der Waals surface area contributed by atoms with Gasteiger partial charge in [0.25, 0.3) is 0 Å². The fraction of sp³-hybridized carbons (Fsp3) is 0.533. The smallest absolute Gasteiger partial charge is 0.303 e. The van der Waals surface area contributed by atoms with E-state index in [-0.39, 0.29) is 24.1 Å². The molecule has 0 aliphatic carbocycles. The summed E-state index contributed by atoms with van der Waals surface area (Å²) in [6.45, 7) is 3.52. The number of phenols is 1. The Kier molecular flexibility index (Phi) is 4.60. The molecule has 1 aliphatic rings. The minimum Gasteiger partial charge on any atom is -0.508 e. The van der Waals surface area contributed by atoms with Gasteiger partial charge in [-0.2, -0.15) is 0 Å². The number of carbonyl (C=O) groups is 1. The molecule has 20 heavy (non-hydrogen) atoms. The predicted molar refractivity (Wildman–Crippen MR) is 73.0 cm³/mol. The van der Waals surface area contributed by atoms with Crippen molar-refractivity contribution >= 4 is 5.97 Å². The number of hydrogen-bond donors (Lipinski definition) is 2. The van der Waals surface area contributed by atoms with Crippen LogP contribution < -0.4 is 0 Å². The monoisotopic (exact) mass is 281 g/mol. The topological polar surface area (TPSA) is 60.8 Å². The van der Waals surface area contributed by atoms with Gasteiger partial charge in [0.1, 0.15) is 11.6 Å². The van der Waals surface area contributed by atoms with E-state index in [9.17, 15) is 14.3 Å². The van der Waals surface area contributed by atoms with Gasteiger partial charge in [0.2, 0.25) is 0 Å². The molecule has 110 valence electrons. The van der Waals surface area contributed by atoms with Crippen LogP contribution >= 0.6 is 0 Å². The van der Waals surface area contributed by atoms with Crippen LogP contribution in [0.25, 0.3) is 0 Å². The molecule has 4 nitrogen and oxygen atoms in total. The third kappa shape index (κ3) is 3.48. The summed E-state index contributed by atoms with van der Waals surface area (Å²) in [4.78, 5) is 13.0. The van der Waals surface area contributed by atoms with E-state index in [1.807, 2.05) is 6.92 Å². The number of nitrogens with zero attached hydrogens (tertiary/aromatic N) is 1. The van der Waals surface area contributed by atoms with Crippen LogP contribution in [0, 0.1) is 11.7 Å². The molecule has 1 aliphatic heterocycles. The summed E-state index contributed by atoms with van der Waals surface area (Å²) in [6.07, 6.45) is 2.05. The van der Waals surface area contributed by atoms with E-state index in [0.717, 1.165) is 25.5 Å². The summed E-state index contributed by atoms with van der Waals surface area (Å²) in [5.74, 6) is -1.13. The minimum absolute atomic E-state index is 0.0436. The molecule has 1 aromatic carbocycles. The Morgan fingerprint density at radius 3 is 2.95 bits per heavy atom. The number of benzene rings is 1. The molecule has 0 bridgehead atoms. The van der Waals surface area contributed by atoms with Crippen LogP contribution in [0.2, 0.25) is 0 Å². The Hall–Kier alpha value is -1.62. The van der Waals surface area contributed by atoms with E-state index in [2.05, 4.69) is 4.90 Å². The van der Waals surface area contributed by atoms with Gasteiger partial charge < -0.3 is 10.2 Å². The van der Waals surface area contributed by atoms with Crippen LogP contribution in [0.1, 0.15) is 37.8 Å². The number of phenolic OH excluding ortho intramolecular Hbond substituents is 1. The van der Waals surface area contributed by atoms with Gasteiger partial charge >= 0.3 is 5.97 Å². The zero-order valence-corrected chi connectivity index (χ0v) is 11.6. The van der Waals surface area contributed by atoms with E-state index in [0.29, 0.717) is 12.1 Å². The van der Waals surface area contributed by atoms with Crippen LogP contribution in [-0.2, 0) is 4.79 Å². The van der Waals surface area contributed by atoms with Crippen molar-refractivity contribution in [2.75, 3.05) is 13.1 Å². The molecule has 0 spiro atoms. The Morgan fingerprint density at radius 2 is 2.30 bits per heavy atom. The third-order valence-corrected chi connectivity index (χ3v) is 4.00. The second kappa shape index (κ2) is 6.22. The van der Waals surface area contributed by atoms with Gasteiger partial charge in [-0.15, -0.1) is 0 Å².